The molecule has 0 bridgehead atoms. The second kappa shape index (κ2) is 11.4. The average molecular weight is 488 g/mol. The second-order valence-corrected chi connectivity index (χ2v) is 8.24. The fourth-order valence-electron chi connectivity index (χ4n) is 3.99. The van der Waals surface area contributed by atoms with E-state index in [1.165, 1.54) is 0 Å². The van der Waals surface area contributed by atoms with Crippen LogP contribution in [0.1, 0.15) is 6.42 Å². The number of hydrogen-bond acceptors (Lipinski definition) is 15. The van der Waals surface area contributed by atoms with Gasteiger partial charge >= 0.3 is 0 Å². The van der Waals surface area contributed by atoms with Crippen LogP contribution in [0.4, 0.5) is 0 Å². The van der Waals surface area contributed by atoms with Crippen molar-refractivity contribution in [3.8, 4) is 0 Å². The maximum Gasteiger partial charge on any atom is 0.187 e. The Morgan fingerprint density at radius 3 is 1.76 bits per heavy atom. The molecule has 2 unspecified atom stereocenters. The number of hydrogen-bond donors (Lipinski definition) is 10. The van der Waals surface area contributed by atoms with Crippen LogP contribution in [-0.2, 0) is 23.7 Å². The van der Waals surface area contributed by atoms with Crippen molar-refractivity contribution in [1.29, 1.82) is 0 Å². The molecule has 0 aromatic rings. The summed E-state index contributed by atoms with van der Waals surface area (Å²) in [7, 11) is 0. The Balaban J connectivity index is 1.81. The third-order valence-electron chi connectivity index (χ3n) is 5.96. The van der Waals surface area contributed by atoms with Gasteiger partial charge in [-0.1, -0.05) is 0 Å². The van der Waals surface area contributed by atoms with E-state index in [4.69, 9.17) is 23.7 Å². The van der Waals surface area contributed by atoms with Gasteiger partial charge in [-0.3, -0.25) is 0 Å². The first-order chi connectivity index (χ1) is 15.6. The first kappa shape index (κ1) is 27.0. The monoisotopic (exact) mass is 488 g/mol. The van der Waals surface area contributed by atoms with Crippen molar-refractivity contribution in [2.45, 2.75) is 92.4 Å². The van der Waals surface area contributed by atoms with Gasteiger partial charge in [-0.25, -0.2) is 0 Å². The molecule has 194 valence electrons. The van der Waals surface area contributed by atoms with E-state index < -0.39 is 106 Å². The van der Waals surface area contributed by atoms with Crippen LogP contribution in [0.15, 0.2) is 0 Å². The molecule has 0 aromatic heterocycles. The largest absolute Gasteiger partial charge is 0.394 e. The van der Waals surface area contributed by atoms with Gasteiger partial charge in [0.15, 0.2) is 18.9 Å². The molecular formula is C18H32O15. The maximum absolute atomic E-state index is 10.6. The average Bonchev–Trinajstić information content (AvgIpc) is 2.80. The smallest absolute Gasteiger partial charge is 0.187 e. The highest BCUT2D eigenvalue weighted by Gasteiger charge is 2.52. The summed E-state index contributed by atoms with van der Waals surface area (Å²) >= 11 is 0. The van der Waals surface area contributed by atoms with Crippen LogP contribution >= 0.6 is 0 Å². The minimum absolute atomic E-state index is 0.0967. The molecule has 3 aliphatic heterocycles. The lowest BCUT2D eigenvalue weighted by Gasteiger charge is -2.47. The zero-order chi connectivity index (χ0) is 24.4. The normalized spacial score (nSPS) is 51.5. The van der Waals surface area contributed by atoms with E-state index in [1.807, 2.05) is 0 Å². The lowest BCUT2D eigenvalue weighted by Crippen LogP contribution is -2.66. The van der Waals surface area contributed by atoms with Gasteiger partial charge in [0.2, 0.25) is 0 Å². The topological polar surface area (TPSA) is 248 Å². The van der Waals surface area contributed by atoms with Crippen LogP contribution in [-0.4, -0.2) is 157 Å². The SMILES string of the molecule is OCC1OC(O)[C@H](O[C@@H]2O[C@H](CO)[C@@H](O)[C@H](O)[C@H]2O)[C@@H](O[C@@H]2O[C@H](CO)C[C@H](O)[C@H]2O)[C@@H]1O. The lowest BCUT2D eigenvalue weighted by molar-refractivity contribution is -0.384. The Hall–Kier alpha value is -0.600. The number of aliphatic hydroxyl groups is 10. The summed E-state index contributed by atoms with van der Waals surface area (Å²) in [5, 5.41) is 99.5. The van der Waals surface area contributed by atoms with Gasteiger partial charge in [0, 0.05) is 6.42 Å². The van der Waals surface area contributed by atoms with Crippen LogP contribution in [0, 0.1) is 0 Å². The lowest BCUT2D eigenvalue weighted by atomic mass is 9.96. The zero-order valence-corrected chi connectivity index (χ0v) is 17.4. The Morgan fingerprint density at radius 1 is 0.576 bits per heavy atom. The second-order valence-electron chi connectivity index (χ2n) is 8.24. The van der Waals surface area contributed by atoms with E-state index in [0.717, 1.165) is 0 Å². The number of rotatable bonds is 7. The van der Waals surface area contributed by atoms with E-state index in [2.05, 4.69) is 0 Å². The third-order valence-corrected chi connectivity index (χ3v) is 5.96. The molecule has 3 aliphatic rings. The van der Waals surface area contributed by atoms with Crippen molar-refractivity contribution in [3.05, 3.63) is 0 Å². The summed E-state index contributed by atoms with van der Waals surface area (Å²) in [6.07, 6.45) is -22.1. The quantitative estimate of drug-likeness (QED) is 0.160. The highest BCUT2D eigenvalue weighted by Crippen LogP contribution is 2.32. The Kier molecular flexibility index (Phi) is 9.35. The molecule has 3 saturated heterocycles. The van der Waals surface area contributed by atoms with Gasteiger partial charge in [-0.15, -0.1) is 0 Å². The van der Waals surface area contributed by atoms with Gasteiger partial charge in [0.05, 0.1) is 32.0 Å². The molecular weight excluding hydrogens is 456 g/mol. The Bertz CT molecular complexity index is 609. The van der Waals surface area contributed by atoms with Crippen LogP contribution in [0.3, 0.4) is 0 Å². The van der Waals surface area contributed by atoms with Crippen molar-refractivity contribution >= 4 is 0 Å². The fraction of sp³-hybridized carbons (Fsp3) is 1.00. The van der Waals surface area contributed by atoms with E-state index in [1.54, 1.807) is 0 Å². The molecule has 3 heterocycles. The highest BCUT2D eigenvalue weighted by molar-refractivity contribution is 4.95. The molecule has 33 heavy (non-hydrogen) atoms. The fourth-order valence-corrected chi connectivity index (χ4v) is 3.99. The van der Waals surface area contributed by atoms with E-state index in [-0.39, 0.29) is 6.42 Å². The predicted molar refractivity (Wildman–Crippen MR) is 99.9 cm³/mol. The molecule has 3 rings (SSSR count). The van der Waals surface area contributed by atoms with Crippen LogP contribution in [0.25, 0.3) is 0 Å². The van der Waals surface area contributed by atoms with E-state index >= 15 is 0 Å². The first-order valence-corrected chi connectivity index (χ1v) is 10.5. The predicted octanol–water partition coefficient (Wildman–Crippen LogP) is -6.54. The van der Waals surface area contributed by atoms with E-state index in [9.17, 15) is 51.1 Å². The van der Waals surface area contributed by atoms with Crippen LogP contribution in [0.2, 0.25) is 0 Å². The Morgan fingerprint density at radius 2 is 1.15 bits per heavy atom. The van der Waals surface area contributed by atoms with Crippen LogP contribution in [0.5, 0.6) is 0 Å². The standard InChI is InChI=1S/C18H32O15/c19-2-5-1-6(22)9(23)17(29-5)32-14-11(25)8(4-21)30-16(28)15(14)33-18-13(27)12(26)10(24)7(3-20)31-18/h5-28H,1-4H2/t5-,6-,7+,8?,9+,10+,11+,12-,13+,14-,15+,16?,17-,18-/m0/s1. The summed E-state index contributed by atoms with van der Waals surface area (Å²) in [5.41, 5.74) is 0. The number of aliphatic hydroxyl groups excluding tert-OH is 10. The maximum atomic E-state index is 10.6. The zero-order valence-electron chi connectivity index (χ0n) is 17.4. The van der Waals surface area contributed by atoms with Crippen molar-refractivity contribution in [3.63, 3.8) is 0 Å². The van der Waals surface area contributed by atoms with Crippen molar-refractivity contribution in [2.24, 2.45) is 0 Å². The molecule has 0 aliphatic carbocycles. The first-order valence-electron chi connectivity index (χ1n) is 10.5. The summed E-state index contributed by atoms with van der Waals surface area (Å²) in [6, 6.07) is 0. The van der Waals surface area contributed by atoms with Gasteiger partial charge in [-0.05, 0) is 0 Å². The molecule has 15 nitrogen and oxygen atoms in total. The van der Waals surface area contributed by atoms with Crippen molar-refractivity contribution < 1.29 is 74.7 Å². The molecule has 0 radical (unpaired) electrons. The van der Waals surface area contributed by atoms with Gasteiger partial charge < -0.3 is 74.7 Å². The van der Waals surface area contributed by atoms with Crippen molar-refractivity contribution in [1.82, 2.24) is 0 Å². The third kappa shape index (κ3) is 5.64. The highest BCUT2D eigenvalue weighted by atomic mass is 16.8. The molecule has 3 fully saturated rings. The summed E-state index contributed by atoms with van der Waals surface area (Å²) in [4.78, 5) is 0. The summed E-state index contributed by atoms with van der Waals surface area (Å²) < 4.78 is 26.8. The van der Waals surface area contributed by atoms with Gasteiger partial charge in [0.1, 0.15) is 54.9 Å². The van der Waals surface area contributed by atoms with Gasteiger partial charge in [0.25, 0.3) is 0 Å². The van der Waals surface area contributed by atoms with Crippen LogP contribution < -0.4 is 0 Å². The van der Waals surface area contributed by atoms with E-state index in [0.29, 0.717) is 0 Å². The molecule has 0 aromatic carbocycles. The summed E-state index contributed by atoms with van der Waals surface area (Å²) in [5.74, 6) is 0. The minimum Gasteiger partial charge on any atom is -0.394 e. The molecule has 14 atom stereocenters. The Labute approximate surface area is 187 Å². The molecule has 15 heteroatoms. The minimum atomic E-state index is -1.89. The molecule has 0 spiro atoms. The molecule has 0 amide bonds. The van der Waals surface area contributed by atoms with Crippen molar-refractivity contribution in [2.75, 3.05) is 19.8 Å². The molecule has 0 saturated carbocycles. The molecule has 10 N–H and O–H groups in total. The summed E-state index contributed by atoms with van der Waals surface area (Å²) in [6.45, 7) is -2.00. The number of ether oxygens (including phenoxy) is 5. The van der Waals surface area contributed by atoms with Gasteiger partial charge in [-0.2, -0.15) is 0 Å².